The number of aromatic nitrogens is 2. The van der Waals surface area contributed by atoms with Crippen LogP contribution in [-0.4, -0.2) is 43.2 Å². The summed E-state index contributed by atoms with van der Waals surface area (Å²) in [5, 5.41) is 0. The third kappa shape index (κ3) is 2.72. The molecule has 2 N–H and O–H groups in total. The highest BCUT2D eigenvalue weighted by molar-refractivity contribution is 5.51. The van der Waals surface area contributed by atoms with Gasteiger partial charge < -0.3 is 15.5 Å². The summed E-state index contributed by atoms with van der Waals surface area (Å²) in [4.78, 5) is 13.4. The lowest BCUT2D eigenvalue weighted by molar-refractivity contribution is 0.613. The average Bonchev–Trinajstić information content (AvgIpc) is 2.77. The molecule has 5 nitrogen and oxygen atoms in total. The first-order valence-corrected chi connectivity index (χ1v) is 6.61. The van der Waals surface area contributed by atoms with Crippen molar-refractivity contribution in [3.8, 4) is 0 Å². The number of nitrogens with zero attached hydrogens (tertiary/aromatic N) is 4. The van der Waals surface area contributed by atoms with Crippen LogP contribution in [0.25, 0.3) is 0 Å². The molecule has 100 valence electrons. The summed E-state index contributed by atoms with van der Waals surface area (Å²) in [6, 6.07) is 2.61. The lowest BCUT2D eigenvalue weighted by Crippen LogP contribution is -2.32. The Labute approximate surface area is 109 Å². The van der Waals surface area contributed by atoms with Gasteiger partial charge in [0, 0.05) is 32.7 Å². The van der Waals surface area contributed by atoms with Crippen LogP contribution in [0.2, 0.25) is 0 Å². The predicted octanol–water partition coefficient (Wildman–Crippen LogP) is 1.17. The molecule has 1 atom stereocenters. The highest BCUT2D eigenvalue weighted by Gasteiger charge is 2.25. The van der Waals surface area contributed by atoms with E-state index in [1.165, 1.54) is 12.8 Å². The summed E-state index contributed by atoms with van der Waals surface area (Å²) >= 11 is 0. The summed E-state index contributed by atoms with van der Waals surface area (Å²) in [5.74, 6) is 2.84. The molecule has 1 aromatic heterocycles. The van der Waals surface area contributed by atoms with Crippen LogP contribution in [-0.2, 0) is 0 Å². The number of hydrogen-bond donors (Lipinski definition) is 1. The van der Waals surface area contributed by atoms with Crippen LogP contribution in [0.4, 0.5) is 11.6 Å². The smallest absolute Gasteiger partial charge is 0.134 e. The van der Waals surface area contributed by atoms with Crippen LogP contribution in [0.5, 0.6) is 0 Å². The van der Waals surface area contributed by atoms with Gasteiger partial charge in [-0.15, -0.1) is 0 Å². The zero-order valence-corrected chi connectivity index (χ0v) is 11.6. The van der Waals surface area contributed by atoms with Crippen molar-refractivity contribution in [1.29, 1.82) is 0 Å². The Morgan fingerprint density at radius 2 is 2.22 bits per heavy atom. The SMILES string of the molecule is Cc1nc(N(C)C)cc(N2CCCC2CCN)n1. The maximum absolute atomic E-state index is 5.69. The number of aryl methyl sites for hydroxylation is 1. The van der Waals surface area contributed by atoms with Gasteiger partial charge in [0.15, 0.2) is 0 Å². The summed E-state index contributed by atoms with van der Waals surface area (Å²) < 4.78 is 0. The molecule has 1 aliphatic heterocycles. The van der Waals surface area contributed by atoms with Crippen molar-refractivity contribution < 1.29 is 0 Å². The molecule has 0 spiro atoms. The van der Waals surface area contributed by atoms with E-state index in [9.17, 15) is 0 Å². The Morgan fingerprint density at radius 1 is 1.44 bits per heavy atom. The van der Waals surface area contributed by atoms with E-state index >= 15 is 0 Å². The molecule has 0 aliphatic carbocycles. The van der Waals surface area contributed by atoms with Crippen LogP contribution in [0, 0.1) is 6.92 Å². The normalized spacial score (nSPS) is 19.3. The highest BCUT2D eigenvalue weighted by atomic mass is 15.3. The van der Waals surface area contributed by atoms with Crippen molar-refractivity contribution in [2.24, 2.45) is 5.73 Å². The zero-order chi connectivity index (χ0) is 13.1. The van der Waals surface area contributed by atoms with E-state index in [0.717, 1.165) is 37.0 Å². The Hall–Kier alpha value is -1.36. The fourth-order valence-corrected chi connectivity index (χ4v) is 2.54. The van der Waals surface area contributed by atoms with Gasteiger partial charge in [0.25, 0.3) is 0 Å². The van der Waals surface area contributed by atoms with Crippen LogP contribution in [0.15, 0.2) is 6.07 Å². The molecule has 1 saturated heterocycles. The second kappa shape index (κ2) is 5.52. The largest absolute Gasteiger partial charge is 0.363 e. The van der Waals surface area contributed by atoms with E-state index in [1.807, 2.05) is 25.9 Å². The van der Waals surface area contributed by atoms with Gasteiger partial charge in [-0.05, 0) is 32.7 Å². The highest BCUT2D eigenvalue weighted by Crippen LogP contribution is 2.27. The lowest BCUT2D eigenvalue weighted by Gasteiger charge is -2.26. The Morgan fingerprint density at radius 3 is 2.89 bits per heavy atom. The molecule has 1 aromatic rings. The number of anilines is 2. The molecule has 5 heteroatoms. The van der Waals surface area contributed by atoms with Crippen molar-refractivity contribution in [2.75, 3.05) is 37.0 Å². The van der Waals surface area contributed by atoms with E-state index in [4.69, 9.17) is 5.73 Å². The summed E-state index contributed by atoms with van der Waals surface area (Å²) in [6.07, 6.45) is 3.49. The van der Waals surface area contributed by atoms with Gasteiger partial charge in [0.2, 0.25) is 0 Å². The van der Waals surface area contributed by atoms with Crippen LogP contribution >= 0.6 is 0 Å². The molecular weight excluding hydrogens is 226 g/mol. The van der Waals surface area contributed by atoms with Crippen molar-refractivity contribution in [3.63, 3.8) is 0 Å². The van der Waals surface area contributed by atoms with Crippen LogP contribution < -0.4 is 15.5 Å². The molecule has 1 unspecified atom stereocenters. The first kappa shape index (κ1) is 13.1. The lowest BCUT2D eigenvalue weighted by atomic mass is 10.1. The maximum Gasteiger partial charge on any atom is 0.134 e. The van der Waals surface area contributed by atoms with E-state index in [0.29, 0.717) is 6.04 Å². The number of nitrogens with two attached hydrogens (primary N) is 1. The third-order valence-electron chi connectivity index (χ3n) is 3.44. The quantitative estimate of drug-likeness (QED) is 0.868. The molecule has 18 heavy (non-hydrogen) atoms. The third-order valence-corrected chi connectivity index (χ3v) is 3.44. The fraction of sp³-hybridized carbons (Fsp3) is 0.692. The Balaban J connectivity index is 2.26. The van der Waals surface area contributed by atoms with Crippen molar-refractivity contribution in [1.82, 2.24) is 9.97 Å². The van der Waals surface area contributed by atoms with Gasteiger partial charge in [0.1, 0.15) is 17.5 Å². The van der Waals surface area contributed by atoms with Crippen LogP contribution in [0.1, 0.15) is 25.1 Å². The van der Waals surface area contributed by atoms with Gasteiger partial charge >= 0.3 is 0 Å². The van der Waals surface area contributed by atoms with Gasteiger partial charge in [-0.3, -0.25) is 0 Å². The molecule has 2 rings (SSSR count). The molecule has 1 fully saturated rings. The second-order valence-electron chi connectivity index (χ2n) is 5.09. The van der Waals surface area contributed by atoms with E-state index < -0.39 is 0 Å². The van der Waals surface area contributed by atoms with Crippen molar-refractivity contribution in [3.05, 3.63) is 11.9 Å². The van der Waals surface area contributed by atoms with Gasteiger partial charge in [-0.2, -0.15) is 0 Å². The average molecular weight is 249 g/mol. The standard InChI is InChI=1S/C13H23N5/c1-10-15-12(17(2)3)9-13(16-10)18-8-4-5-11(18)6-7-14/h9,11H,4-8,14H2,1-3H3. The monoisotopic (exact) mass is 249 g/mol. The Kier molecular flexibility index (Phi) is 4.01. The molecule has 0 bridgehead atoms. The van der Waals surface area contributed by atoms with Gasteiger partial charge in [0.05, 0.1) is 0 Å². The fourth-order valence-electron chi connectivity index (χ4n) is 2.54. The minimum absolute atomic E-state index is 0.541. The first-order valence-electron chi connectivity index (χ1n) is 6.61. The molecule has 0 aromatic carbocycles. The second-order valence-corrected chi connectivity index (χ2v) is 5.09. The molecule has 0 amide bonds. The topological polar surface area (TPSA) is 58.3 Å². The van der Waals surface area contributed by atoms with Crippen LogP contribution in [0.3, 0.4) is 0 Å². The molecule has 2 heterocycles. The van der Waals surface area contributed by atoms with E-state index in [1.54, 1.807) is 0 Å². The molecule has 1 aliphatic rings. The Bertz CT molecular complexity index is 404. The summed E-state index contributed by atoms with van der Waals surface area (Å²) in [7, 11) is 4.01. The molecule has 0 saturated carbocycles. The summed E-state index contributed by atoms with van der Waals surface area (Å²) in [5.41, 5.74) is 5.69. The zero-order valence-electron chi connectivity index (χ0n) is 11.6. The summed E-state index contributed by atoms with van der Waals surface area (Å²) in [6.45, 7) is 3.77. The predicted molar refractivity (Wildman–Crippen MR) is 75.1 cm³/mol. The van der Waals surface area contributed by atoms with E-state index in [-0.39, 0.29) is 0 Å². The molecule has 0 radical (unpaired) electrons. The minimum Gasteiger partial charge on any atom is -0.363 e. The number of rotatable bonds is 4. The first-order chi connectivity index (χ1) is 8.61. The molecular formula is C13H23N5. The van der Waals surface area contributed by atoms with Crippen molar-refractivity contribution in [2.45, 2.75) is 32.2 Å². The van der Waals surface area contributed by atoms with Gasteiger partial charge in [-0.25, -0.2) is 9.97 Å². The number of hydrogen-bond acceptors (Lipinski definition) is 5. The van der Waals surface area contributed by atoms with Gasteiger partial charge in [-0.1, -0.05) is 0 Å². The van der Waals surface area contributed by atoms with Crippen molar-refractivity contribution >= 4 is 11.6 Å². The van der Waals surface area contributed by atoms with E-state index in [2.05, 4.69) is 20.9 Å². The minimum atomic E-state index is 0.541. The maximum atomic E-state index is 5.69.